The minimum atomic E-state index is -0.616. The SMILES string of the molecule is N#Cc1ccc(-c2ccc3c(c2)C2(c4ccccc4S3)c3ccccc3-c3ccc(-c4nc(-c5ccccc5)nc(-c5ccccc5)n4)cc32)c2ccccc12. The van der Waals surface area contributed by atoms with Crippen molar-refractivity contribution in [2.24, 2.45) is 0 Å². The normalized spacial score (nSPS) is 14.8. The van der Waals surface area contributed by atoms with Gasteiger partial charge >= 0.3 is 0 Å². The van der Waals surface area contributed by atoms with Crippen molar-refractivity contribution in [3.63, 3.8) is 0 Å². The fourth-order valence-electron chi connectivity index (χ4n) is 8.79. The van der Waals surface area contributed by atoms with Crippen molar-refractivity contribution in [1.82, 2.24) is 15.0 Å². The van der Waals surface area contributed by atoms with Crippen LogP contribution in [0.15, 0.2) is 192 Å². The molecule has 1 spiro atoms. The van der Waals surface area contributed by atoms with E-state index in [4.69, 9.17) is 15.0 Å². The van der Waals surface area contributed by atoms with Crippen LogP contribution in [0.25, 0.3) is 67.2 Å². The highest BCUT2D eigenvalue weighted by molar-refractivity contribution is 7.99. The molecule has 2 heterocycles. The topological polar surface area (TPSA) is 62.5 Å². The van der Waals surface area contributed by atoms with Crippen molar-refractivity contribution in [3.05, 3.63) is 210 Å². The molecule has 0 saturated heterocycles. The summed E-state index contributed by atoms with van der Waals surface area (Å²) in [5, 5.41) is 12.0. The summed E-state index contributed by atoms with van der Waals surface area (Å²) in [5.74, 6) is 1.90. The standard InChI is InChI=1S/C51H30N4S/c52-31-36-24-26-38(39-18-8-7-17-37(36)39)34-25-28-47-45(29-34)51(43-21-11-12-22-46(43)56-47)42-20-10-9-19-40(42)41-27-23-35(30-44(41)51)50-54-48(32-13-3-1-4-14-32)53-49(55-50)33-15-5-2-6-16-33/h1-30H. The second kappa shape index (κ2) is 12.7. The van der Waals surface area contributed by atoms with E-state index in [1.165, 1.54) is 43.2 Å². The summed E-state index contributed by atoms with van der Waals surface area (Å²) >= 11 is 1.83. The monoisotopic (exact) mass is 730 g/mol. The molecule has 1 unspecified atom stereocenters. The smallest absolute Gasteiger partial charge is 0.164 e. The molecule has 0 bridgehead atoms. The number of fused-ring (bicyclic) bond motifs is 10. The average Bonchev–Trinajstić information content (AvgIpc) is 3.56. The molecule has 1 aliphatic heterocycles. The molecule has 1 aromatic heterocycles. The molecule has 2 aliphatic rings. The van der Waals surface area contributed by atoms with E-state index < -0.39 is 5.41 Å². The van der Waals surface area contributed by atoms with E-state index >= 15 is 0 Å². The van der Waals surface area contributed by atoms with Gasteiger partial charge in [-0.25, -0.2) is 15.0 Å². The van der Waals surface area contributed by atoms with Crippen LogP contribution < -0.4 is 0 Å². The van der Waals surface area contributed by atoms with Crippen LogP contribution in [0.1, 0.15) is 27.8 Å². The number of aromatic nitrogens is 3. The van der Waals surface area contributed by atoms with Crippen LogP contribution in [0.3, 0.4) is 0 Å². The van der Waals surface area contributed by atoms with Gasteiger partial charge in [-0.1, -0.05) is 163 Å². The van der Waals surface area contributed by atoms with Crippen molar-refractivity contribution in [2.75, 3.05) is 0 Å². The number of benzene rings is 8. The highest BCUT2D eigenvalue weighted by Crippen LogP contribution is 2.63. The van der Waals surface area contributed by atoms with E-state index in [0.717, 1.165) is 38.6 Å². The van der Waals surface area contributed by atoms with Crippen LogP contribution in [0.4, 0.5) is 0 Å². The van der Waals surface area contributed by atoms with Crippen LogP contribution in [0.2, 0.25) is 0 Å². The lowest BCUT2D eigenvalue weighted by Crippen LogP contribution is -2.32. The van der Waals surface area contributed by atoms with Crippen LogP contribution >= 0.6 is 11.8 Å². The third-order valence-corrected chi connectivity index (χ3v) is 12.4. The average molecular weight is 731 g/mol. The summed E-state index contributed by atoms with van der Waals surface area (Å²) in [6.45, 7) is 0. The third-order valence-electron chi connectivity index (χ3n) is 11.3. The van der Waals surface area contributed by atoms with E-state index in [1.807, 2.05) is 90.6 Å². The Labute approximate surface area is 328 Å². The van der Waals surface area contributed by atoms with Crippen LogP contribution in [0.5, 0.6) is 0 Å². The van der Waals surface area contributed by atoms with Gasteiger partial charge in [-0.05, 0) is 80.2 Å². The lowest BCUT2D eigenvalue weighted by atomic mass is 9.66. The van der Waals surface area contributed by atoms with Gasteiger partial charge in [0.2, 0.25) is 0 Å². The van der Waals surface area contributed by atoms with Crippen molar-refractivity contribution >= 4 is 22.5 Å². The highest BCUT2D eigenvalue weighted by atomic mass is 32.2. The van der Waals surface area contributed by atoms with Gasteiger partial charge in [0, 0.05) is 31.9 Å². The first-order valence-electron chi connectivity index (χ1n) is 18.7. The zero-order valence-corrected chi connectivity index (χ0v) is 30.8. The van der Waals surface area contributed by atoms with Crippen molar-refractivity contribution < 1.29 is 0 Å². The maximum atomic E-state index is 9.96. The van der Waals surface area contributed by atoms with Crippen molar-refractivity contribution in [3.8, 4) is 62.5 Å². The summed E-state index contributed by atoms with van der Waals surface area (Å²) in [6, 6.07) is 66.3. The van der Waals surface area contributed by atoms with Crippen molar-refractivity contribution in [1.29, 1.82) is 5.26 Å². The Morgan fingerprint density at radius 3 is 1.66 bits per heavy atom. The molecule has 8 aromatic carbocycles. The first-order valence-corrected chi connectivity index (χ1v) is 19.5. The van der Waals surface area contributed by atoms with E-state index in [0.29, 0.717) is 23.0 Å². The maximum absolute atomic E-state index is 9.96. The molecule has 0 radical (unpaired) electrons. The van der Waals surface area contributed by atoms with Gasteiger partial charge in [-0.3, -0.25) is 0 Å². The van der Waals surface area contributed by atoms with Crippen LogP contribution in [-0.4, -0.2) is 15.0 Å². The minimum Gasteiger partial charge on any atom is -0.208 e. The van der Waals surface area contributed by atoms with Gasteiger partial charge in [-0.2, -0.15) is 5.26 Å². The summed E-state index contributed by atoms with van der Waals surface area (Å²) in [6.07, 6.45) is 0. The minimum absolute atomic E-state index is 0.616. The maximum Gasteiger partial charge on any atom is 0.164 e. The fraction of sp³-hybridized carbons (Fsp3) is 0.0196. The second-order valence-electron chi connectivity index (χ2n) is 14.2. The zero-order chi connectivity index (χ0) is 37.2. The molecular weight excluding hydrogens is 701 g/mol. The number of hydrogen-bond acceptors (Lipinski definition) is 5. The van der Waals surface area contributed by atoms with Gasteiger partial charge in [0.15, 0.2) is 17.5 Å². The molecule has 1 aliphatic carbocycles. The molecule has 0 N–H and O–H groups in total. The van der Waals surface area contributed by atoms with Gasteiger partial charge in [0.25, 0.3) is 0 Å². The molecule has 4 nitrogen and oxygen atoms in total. The molecule has 0 amide bonds. The van der Waals surface area contributed by atoms with E-state index in [9.17, 15) is 5.26 Å². The van der Waals surface area contributed by atoms with E-state index in [2.05, 4.69) is 109 Å². The van der Waals surface area contributed by atoms with Gasteiger partial charge < -0.3 is 0 Å². The molecule has 11 rings (SSSR count). The molecule has 56 heavy (non-hydrogen) atoms. The molecule has 5 heteroatoms. The van der Waals surface area contributed by atoms with Crippen LogP contribution in [-0.2, 0) is 5.41 Å². The Hall–Kier alpha value is -7.13. The molecule has 0 saturated carbocycles. The predicted molar refractivity (Wildman–Crippen MR) is 225 cm³/mol. The van der Waals surface area contributed by atoms with Gasteiger partial charge in [0.1, 0.15) is 0 Å². The molecule has 1 atom stereocenters. The first kappa shape index (κ1) is 32.3. The quantitative estimate of drug-likeness (QED) is 0.180. The lowest BCUT2D eigenvalue weighted by Gasteiger charge is -2.40. The highest BCUT2D eigenvalue weighted by Gasteiger charge is 2.50. The molecular formula is C51H30N4S. The van der Waals surface area contributed by atoms with Gasteiger partial charge in [0.05, 0.1) is 17.0 Å². The third kappa shape index (κ3) is 4.83. The second-order valence-corrected chi connectivity index (χ2v) is 15.3. The summed E-state index contributed by atoms with van der Waals surface area (Å²) in [4.78, 5) is 17.7. The lowest BCUT2D eigenvalue weighted by molar-refractivity contribution is 0.723. The number of rotatable bonds is 4. The molecule has 9 aromatic rings. The first-order chi connectivity index (χ1) is 27.7. The predicted octanol–water partition coefficient (Wildman–Crippen LogP) is 12.4. The van der Waals surface area contributed by atoms with Gasteiger partial charge in [-0.15, -0.1) is 0 Å². The van der Waals surface area contributed by atoms with E-state index in [1.54, 1.807) is 0 Å². The zero-order valence-electron chi connectivity index (χ0n) is 30.0. The molecule has 260 valence electrons. The largest absolute Gasteiger partial charge is 0.208 e. The number of hydrogen-bond donors (Lipinski definition) is 0. The van der Waals surface area contributed by atoms with Crippen LogP contribution in [0, 0.1) is 11.3 Å². The van der Waals surface area contributed by atoms with E-state index in [-0.39, 0.29) is 0 Å². The Balaban J connectivity index is 1.19. The Morgan fingerprint density at radius 2 is 0.929 bits per heavy atom. The summed E-state index contributed by atoms with van der Waals surface area (Å²) in [5.41, 5.74) is 12.5. The number of nitrogens with zero attached hydrogens (tertiary/aromatic N) is 4. The summed E-state index contributed by atoms with van der Waals surface area (Å²) < 4.78 is 0. The Kier molecular flexibility index (Phi) is 7.35. The summed E-state index contributed by atoms with van der Waals surface area (Å²) in [7, 11) is 0. The molecule has 0 fully saturated rings. The van der Waals surface area contributed by atoms with Crippen molar-refractivity contribution in [2.45, 2.75) is 15.2 Å². The fourth-order valence-corrected chi connectivity index (χ4v) is 9.97. The Morgan fingerprint density at radius 1 is 0.393 bits per heavy atom. The Bertz CT molecular complexity index is 3020. The number of nitriles is 1.